The van der Waals surface area contributed by atoms with E-state index in [1.54, 1.807) is 15.9 Å². The first-order valence-electron chi connectivity index (χ1n) is 8.07. The number of ether oxygens (including phenoxy) is 1. The summed E-state index contributed by atoms with van der Waals surface area (Å²) in [6.07, 6.45) is -0.380. The molecule has 0 radical (unpaired) electrons. The van der Waals surface area contributed by atoms with Crippen LogP contribution in [-0.4, -0.2) is 53.2 Å². The smallest absolute Gasteiger partial charge is 0.410 e. The largest absolute Gasteiger partial charge is 0.444 e. The predicted molar refractivity (Wildman–Crippen MR) is 97.1 cm³/mol. The molecule has 25 heavy (non-hydrogen) atoms. The van der Waals surface area contributed by atoms with Gasteiger partial charge in [-0.1, -0.05) is 0 Å². The Balaban J connectivity index is 1.94. The van der Waals surface area contributed by atoms with Crippen LogP contribution in [0.2, 0.25) is 0 Å². The molecule has 1 aliphatic heterocycles. The lowest BCUT2D eigenvalue weighted by Gasteiger charge is -2.40. The fourth-order valence-corrected chi connectivity index (χ4v) is 2.76. The standard InChI is InChI=1S/C17H23BrFN3O3/c1-11-10-21(7-8-22(11)16(24)25-17(2,3)4)15(23)20-12-5-6-13(18)14(19)9-12/h5-6,9,11H,7-8,10H2,1-4H3,(H,20,23)/t11-/m0/s1. The van der Waals surface area contributed by atoms with Gasteiger partial charge >= 0.3 is 12.1 Å². The molecular formula is C17H23BrFN3O3. The highest BCUT2D eigenvalue weighted by Gasteiger charge is 2.32. The van der Waals surface area contributed by atoms with Gasteiger partial charge in [0, 0.05) is 31.4 Å². The van der Waals surface area contributed by atoms with Crippen LogP contribution in [0.25, 0.3) is 0 Å². The van der Waals surface area contributed by atoms with Crippen molar-refractivity contribution in [3.8, 4) is 0 Å². The normalized spacial score (nSPS) is 18.1. The Kier molecular flexibility index (Phi) is 5.92. The first kappa shape index (κ1) is 19.5. The van der Waals surface area contributed by atoms with Crippen molar-refractivity contribution in [1.82, 2.24) is 9.80 Å². The van der Waals surface area contributed by atoms with E-state index in [-0.39, 0.29) is 18.2 Å². The van der Waals surface area contributed by atoms with E-state index >= 15 is 0 Å². The third kappa shape index (κ3) is 5.32. The second-order valence-electron chi connectivity index (χ2n) is 7.03. The van der Waals surface area contributed by atoms with Crippen molar-refractivity contribution in [2.24, 2.45) is 0 Å². The molecule has 1 N–H and O–H groups in total. The van der Waals surface area contributed by atoms with E-state index in [0.29, 0.717) is 29.8 Å². The van der Waals surface area contributed by atoms with Crippen LogP contribution >= 0.6 is 15.9 Å². The van der Waals surface area contributed by atoms with Crippen molar-refractivity contribution in [2.45, 2.75) is 39.3 Å². The van der Waals surface area contributed by atoms with E-state index in [4.69, 9.17) is 4.74 Å². The Morgan fingerprint density at radius 3 is 2.56 bits per heavy atom. The van der Waals surface area contributed by atoms with Crippen LogP contribution in [0.3, 0.4) is 0 Å². The first-order chi connectivity index (χ1) is 11.6. The zero-order valence-electron chi connectivity index (χ0n) is 14.8. The highest BCUT2D eigenvalue weighted by atomic mass is 79.9. The molecule has 1 saturated heterocycles. The van der Waals surface area contributed by atoms with E-state index in [1.807, 2.05) is 27.7 Å². The van der Waals surface area contributed by atoms with Crippen LogP contribution < -0.4 is 5.32 Å². The number of piperazine rings is 1. The Bertz CT molecular complexity index is 663. The SMILES string of the molecule is C[C@H]1CN(C(=O)Nc2ccc(Br)c(F)c2)CCN1C(=O)OC(C)(C)C. The molecule has 1 aromatic rings. The molecule has 0 aromatic heterocycles. The summed E-state index contributed by atoms with van der Waals surface area (Å²) in [5, 5.41) is 2.67. The van der Waals surface area contributed by atoms with E-state index in [2.05, 4.69) is 21.2 Å². The molecule has 0 saturated carbocycles. The molecule has 0 spiro atoms. The van der Waals surface area contributed by atoms with Gasteiger partial charge in [0.25, 0.3) is 0 Å². The topological polar surface area (TPSA) is 61.9 Å². The molecule has 1 atom stereocenters. The third-order valence-corrected chi connectivity index (χ3v) is 4.36. The maximum absolute atomic E-state index is 13.5. The fourth-order valence-electron chi connectivity index (χ4n) is 2.51. The Hall–Kier alpha value is -1.83. The van der Waals surface area contributed by atoms with Gasteiger partial charge in [0.05, 0.1) is 4.47 Å². The van der Waals surface area contributed by atoms with Gasteiger partial charge in [-0.25, -0.2) is 14.0 Å². The van der Waals surface area contributed by atoms with E-state index < -0.39 is 11.4 Å². The molecule has 0 bridgehead atoms. The Labute approximate surface area is 155 Å². The highest BCUT2D eigenvalue weighted by Crippen LogP contribution is 2.20. The van der Waals surface area contributed by atoms with Crippen LogP contribution in [0.1, 0.15) is 27.7 Å². The minimum Gasteiger partial charge on any atom is -0.444 e. The van der Waals surface area contributed by atoms with Crippen molar-refractivity contribution < 1.29 is 18.7 Å². The number of anilines is 1. The molecule has 1 aliphatic rings. The summed E-state index contributed by atoms with van der Waals surface area (Å²) in [5.74, 6) is -0.444. The summed E-state index contributed by atoms with van der Waals surface area (Å²) >= 11 is 3.07. The van der Waals surface area contributed by atoms with Gasteiger partial charge in [-0.05, 0) is 61.8 Å². The number of amides is 3. The van der Waals surface area contributed by atoms with Crippen LogP contribution in [-0.2, 0) is 4.74 Å². The number of halogens is 2. The molecule has 8 heteroatoms. The molecule has 3 amide bonds. The average molecular weight is 416 g/mol. The number of urea groups is 1. The van der Waals surface area contributed by atoms with Crippen LogP contribution in [0.4, 0.5) is 19.7 Å². The molecule has 1 heterocycles. The number of carbonyl (C=O) groups is 2. The van der Waals surface area contributed by atoms with Crippen molar-refractivity contribution >= 4 is 33.7 Å². The number of carbonyl (C=O) groups excluding carboxylic acids is 2. The van der Waals surface area contributed by atoms with E-state index in [0.717, 1.165) is 0 Å². The minimum atomic E-state index is -0.559. The fraction of sp³-hybridized carbons (Fsp3) is 0.529. The second-order valence-corrected chi connectivity index (χ2v) is 7.88. The first-order valence-corrected chi connectivity index (χ1v) is 8.87. The molecule has 0 aliphatic carbocycles. The summed E-state index contributed by atoms with van der Waals surface area (Å²) in [6.45, 7) is 8.46. The number of benzene rings is 1. The number of hydrogen-bond acceptors (Lipinski definition) is 3. The zero-order chi connectivity index (χ0) is 18.8. The van der Waals surface area contributed by atoms with Crippen molar-refractivity contribution in [3.63, 3.8) is 0 Å². The van der Waals surface area contributed by atoms with Crippen molar-refractivity contribution in [3.05, 3.63) is 28.5 Å². The van der Waals surface area contributed by atoms with Crippen molar-refractivity contribution in [2.75, 3.05) is 25.0 Å². The van der Waals surface area contributed by atoms with E-state index in [9.17, 15) is 14.0 Å². The highest BCUT2D eigenvalue weighted by molar-refractivity contribution is 9.10. The van der Waals surface area contributed by atoms with Crippen LogP contribution in [0, 0.1) is 5.82 Å². The lowest BCUT2D eigenvalue weighted by molar-refractivity contribution is 0.00589. The zero-order valence-corrected chi connectivity index (χ0v) is 16.4. The second kappa shape index (κ2) is 7.59. The van der Waals surface area contributed by atoms with Gasteiger partial charge in [0.15, 0.2) is 0 Å². The lowest BCUT2D eigenvalue weighted by Crippen LogP contribution is -2.57. The summed E-state index contributed by atoms with van der Waals surface area (Å²) in [7, 11) is 0. The van der Waals surface area contributed by atoms with Gasteiger partial charge < -0.3 is 19.9 Å². The number of nitrogens with one attached hydrogen (secondary N) is 1. The molecule has 1 aromatic carbocycles. The van der Waals surface area contributed by atoms with Gasteiger partial charge in [0.2, 0.25) is 0 Å². The van der Waals surface area contributed by atoms with Gasteiger partial charge in [-0.2, -0.15) is 0 Å². The molecule has 1 fully saturated rings. The summed E-state index contributed by atoms with van der Waals surface area (Å²) < 4.78 is 19.3. The summed E-state index contributed by atoms with van der Waals surface area (Å²) in [6, 6.07) is 3.91. The average Bonchev–Trinajstić information content (AvgIpc) is 2.49. The van der Waals surface area contributed by atoms with Gasteiger partial charge in [-0.3, -0.25) is 0 Å². The minimum absolute atomic E-state index is 0.170. The summed E-state index contributed by atoms with van der Waals surface area (Å²) in [4.78, 5) is 27.8. The monoisotopic (exact) mass is 415 g/mol. The summed E-state index contributed by atoms with van der Waals surface area (Å²) in [5.41, 5.74) is -0.176. The number of hydrogen-bond donors (Lipinski definition) is 1. The third-order valence-electron chi connectivity index (χ3n) is 3.71. The number of nitrogens with zero attached hydrogens (tertiary/aromatic N) is 2. The van der Waals surface area contributed by atoms with E-state index in [1.165, 1.54) is 12.1 Å². The lowest BCUT2D eigenvalue weighted by atomic mass is 10.2. The maximum atomic E-state index is 13.5. The van der Waals surface area contributed by atoms with Crippen LogP contribution in [0.5, 0.6) is 0 Å². The molecular weight excluding hydrogens is 393 g/mol. The Morgan fingerprint density at radius 2 is 2.00 bits per heavy atom. The maximum Gasteiger partial charge on any atom is 0.410 e. The molecule has 2 rings (SSSR count). The molecule has 138 valence electrons. The molecule has 0 unspecified atom stereocenters. The predicted octanol–water partition coefficient (Wildman–Crippen LogP) is 4.06. The Morgan fingerprint density at radius 1 is 1.32 bits per heavy atom. The van der Waals surface area contributed by atoms with Gasteiger partial charge in [0.1, 0.15) is 11.4 Å². The quantitative estimate of drug-likeness (QED) is 0.751. The van der Waals surface area contributed by atoms with Gasteiger partial charge in [-0.15, -0.1) is 0 Å². The van der Waals surface area contributed by atoms with Crippen LogP contribution in [0.15, 0.2) is 22.7 Å². The molecule has 6 nitrogen and oxygen atoms in total. The number of rotatable bonds is 1. The van der Waals surface area contributed by atoms with Crippen molar-refractivity contribution in [1.29, 1.82) is 0 Å².